The van der Waals surface area contributed by atoms with Gasteiger partial charge in [-0.2, -0.15) is 4.39 Å². The quantitative estimate of drug-likeness (QED) is 0.682. The number of aryl methyl sites for hydroxylation is 1. The number of aromatic nitrogens is 2. The first-order valence-corrected chi connectivity index (χ1v) is 4.04. The van der Waals surface area contributed by atoms with Crippen LogP contribution in [0.5, 0.6) is 0 Å². The Morgan fingerprint density at radius 2 is 2.50 bits per heavy atom. The zero-order valence-electron chi connectivity index (χ0n) is 8.88. The Bertz CT molecular complexity index is 520. The molecule has 0 amide bonds. The topological polar surface area (TPSA) is 17.8 Å². The summed E-state index contributed by atoms with van der Waals surface area (Å²) in [6, 6.07) is 4.76. The lowest BCUT2D eigenvalue weighted by atomic mass is 10.2. The maximum Gasteiger partial charge on any atom is 0.240 e. The minimum absolute atomic E-state index is 0.195. The number of halogens is 2. The van der Waals surface area contributed by atoms with Crippen LogP contribution in [0.3, 0.4) is 0 Å². The predicted octanol–water partition coefficient (Wildman–Crippen LogP) is 2.47. The Morgan fingerprint density at radius 3 is 3.25 bits per heavy atom. The van der Waals surface area contributed by atoms with Gasteiger partial charge in [-0.3, -0.25) is 4.68 Å². The van der Waals surface area contributed by atoms with Crippen LogP contribution in [0.2, 0.25) is 0 Å². The van der Waals surface area contributed by atoms with E-state index >= 15 is 0 Å². The van der Waals surface area contributed by atoms with E-state index in [2.05, 4.69) is 21.0 Å². The average Bonchev–Trinajstić information content (AvgIpc) is 2.45. The second-order valence-electron chi connectivity index (χ2n) is 2.34. The summed E-state index contributed by atoms with van der Waals surface area (Å²) in [6.45, 7) is -2.48. The van der Waals surface area contributed by atoms with Gasteiger partial charge in [0.1, 0.15) is 0 Å². The molecule has 0 radical (unpaired) electrons. The molecule has 0 N–H and O–H groups in total. The van der Waals surface area contributed by atoms with Gasteiger partial charge in [-0.05, 0) is 28.1 Å². The van der Waals surface area contributed by atoms with E-state index in [1.165, 1.54) is 6.07 Å². The van der Waals surface area contributed by atoms with Crippen LogP contribution in [0.25, 0.3) is 10.9 Å². The van der Waals surface area contributed by atoms with E-state index in [0.29, 0.717) is 9.15 Å². The van der Waals surface area contributed by atoms with E-state index in [9.17, 15) is 4.39 Å². The zero-order chi connectivity index (χ0) is 11.2. The number of fused-ring (bicyclic) bond motifs is 1. The highest BCUT2D eigenvalue weighted by Crippen LogP contribution is 2.24. The molecule has 12 heavy (non-hydrogen) atoms. The van der Waals surface area contributed by atoms with Crippen LogP contribution >= 0.6 is 15.9 Å². The third-order valence-corrected chi connectivity index (χ3v) is 2.25. The third-order valence-electron chi connectivity index (χ3n) is 1.61. The summed E-state index contributed by atoms with van der Waals surface area (Å²) in [6.07, 6.45) is 0. The van der Waals surface area contributed by atoms with Crippen LogP contribution in [0.15, 0.2) is 22.7 Å². The Kier molecular flexibility index (Phi) is 1.06. The van der Waals surface area contributed by atoms with Gasteiger partial charge in [0.25, 0.3) is 0 Å². The van der Waals surface area contributed by atoms with Crippen molar-refractivity contribution in [1.29, 1.82) is 0 Å². The van der Waals surface area contributed by atoms with Crippen LogP contribution in [0.1, 0.15) is 4.11 Å². The summed E-state index contributed by atoms with van der Waals surface area (Å²) in [4.78, 5) is 0. The Hall–Kier alpha value is -0.900. The fraction of sp³-hybridized carbons (Fsp3) is 0.125. The van der Waals surface area contributed by atoms with E-state index in [1.807, 2.05) is 0 Å². The molecule has 0 unspecified atom stereocenters. The summed E-state index contributed by atoms with van der Waals surface area (Å²) in [5.74, 6) is -0.776. The molecule has 2 rings (SSSR count). The highest BCUT2D eigenvalue weighted by atomic mass is 79.9. The Balaban J connectivity index is 2.88. The molecule has 0 aliphatic heterocycles. The van der Waals surface area contributed by atoms with Gasteiger partial charge in [0.05, 0.1) is 10.9 Å². The molecule has 62 valence electrons. The molecule has 0 bridgehead atoms. The monoisotopic (exact) mass is 231 g/mol. The number of rotatable bonds is 0. The molecule has 2 aromatic rings. The Labute approximate surface area is 81.3 Å². The highest BCUT2D eigenvalue weighted by molar-refractivity contribution is 9.10. The molecule has 1 aromatic carbocycles. The number of nitrogens with zero attached hydrogens (tertiary/aromatic N) is 2. The second-order valence-corrected chi connectivity index (χ2v) is 3.19. The molecule has 0 atom stereocenters. The van der Waals surface area contributed by atoms with Gasteiger partial charge in [0, 0.05) is 15.6 Å². The summed E-state index contributed by atoms with van der Waals surface area (Å²) in [5.41, 5.74) is 0.245. The molecular weight excluding hydrogens is 223 g/mol. The third kappa shape index (κ3) is 0.948. The molecule has 0 aliphatic rings. The molecule has 0 aliphatic carbocycles. The predicted molar refractivity (Wildman–Crippen MR) is 48.4 cm³/mol. The van der Waals surface area contributed by atoms with Crippen molar-refractivity contribution in [3.05, 3.63) is 28.6 Å². The minimum Gasteiger partial charge on any atom is -0.264 e. The van der Waals surface area contributed by atoms with E-state index in [-0.39, 0.29) is 10.9 Å². The first-order chi connectivity index (χ1) is 6.91. The SMILES string of the molecule is [2H]C([2H])([2H])n1nc(F)c2cccc(Br)c21. The van der Waals surface area contributed by atoms with Crippen molar-refractivity contribution in [3.8, 4) is 0 Å². The normalized spacial score (nSPS) is 15.7. The average molecular weight is 232 g/mol. The molecule has 0 saturated carbocycles. The zero-order valence-corrected chi connectivity index (χ0v) is 7.47. The largest absolute Gasteiger partial charge is 0.264 e. The van der Waals surface area contributed by atoms with Crippen molar-refractivity contribution < 1.29 is 8.50 Å². The fourth-order valence-corrected chi connectivity index (χ4v) is 1.62. The fourth-order valence-electron chi connectivity index (χ4n) is 1.09. The number of hydrogen-bond donors (Lipinski definition) is 0. The molecule has 0 spiro atoms. The van der Waals surface area contributed by atoms with Crippen molar-refractivity contribution >= 4 is 26.8 Å². The van der Waals surface area contributed by atoms with Gasteiger partial charge >= 0.3 is 0 Å². The molecular formula is C8H6BrFN2. The summed E-state index contributed by atoms with van der Waals surface area (Å²) in [7, 11) is 0. The molecule has 2 nitrogen and oxygen atoms in total. The van der Waals surface area contributed by atoms with Crippen LogP contribution in [-0.2, 0) is 6.98 Å². The van der Waals surface area contributed by atoms with Crippen molar-refractivity contribution in [1.82, 2.24) is 9.78 Å². The lowest BCUT2D eigenvalue weighted by molar-refractivity contribution is 0.562. The second kappa shape index (κ2) is 2.55. The molecule has 4 heteroatoms. The van der Waals surface area contributed by atoms with Crippen LogP contribution in [-0.4, -0.2) is 9.78 Å². The van der Waals surface area contributed by atoms with Gasteiger partial charge < -0.3 is 0 Å². The van der Waals surface area contributed by atoms with Crippen molar-refractivity contribution in [2.24, 2.45) is 6.98 Å². The number of para-hydroxylation sites is 1. The van der Waals surface area contributed by atoms with Gasteiger partial charge in [0.15, 0.2) is 0 Å². The first-order valence-electron chi connectivity index (χ1n) is 4.74. The summed E-state index contributed by atoms with van der Waals surface area (Å²) < 4.78 is 36.2. The van der Waals surface area contributed by atoms with E-state index in [1.54, 1.807) is 12.1 Å². The van der Waals surface area contributed by atoms with Crippen molar-refractivity contribution in [3.63, 3.8) is 0 Å². The first kappa shape index (κ1) is 4.97. The van der Waals surface area contributed by atoms with Crippen LogP contribution in [0.4, 0.5) is 4.39 Å². The standard InChI is InChI=1S/C8H6BrFN2/c1-12-7-5(8(10)11-12)3-2-4-6(7)9/h2-4H,1H3/i1D3. The maximum absolute atomic E-state index is 13.3. The molecule has 1 heterocycles. The lowest BCUT2D eigenvalue weighted by Gasteiger charge is -1.94. The van der Waals surface area contributed by atoms with Crippen molar-refractivity contribution in [2.45, 2.75) is 0 Å². The van der Waals surface area contributed by atoms with Crippen molar-refractivity contribution in [2.75, 3.05) is 0 Å². The minimum atomic E-state index is -2.48. The van der Waals surface area contributed by atoms with E-state index in [4.69, 9.17) is 4.11 Å². The van der Waals surface area contributed by atoms with Crippen LogP contribution < -0.4 is 0 Å². The smallest absolute Gasteiger partial charge is 0.240 e. The Morgan fingerprint density at radius 1 is 1.67 bits per heavy atom. The van der Waals surface area contributed by atoms with Gasteiger partial charge in [0.2, 0.25) is 5.95 Å². The van der Waals surface area contributed by atoms with Gasteiger partial charge in [-0.25, -0.2) is 0 Å². The lowest BCUT2D eigenvalue weighted by Crippen LogP contribution is -1.89. The molecule has 1 aromatic heterocycles. The molecule has 0 saturated heterocycles. The van der Waals surface area contributed by atoms with Gasteiger partial charge in [-0.1, -0.05) is 6.07 Å². The van der Waals surface area contributed by atoms with E-state index < -0.39 is 12.9 Å². The maximum atomic E-state index is 13.3. The highest BCUT2D eigenvalue weighted by Gasteiger charge is 2.08. The number of hydrogen-bond acceptors (Lipinski definition) is 1. The summed E-state index contributed by atoms with van der Waals surface area (Å²) >= 11 is 3.18. The number of benzene rings is 1. The molecule has 0 fully saturated rings. The van der Waals surface area contributed by atoms with E-state index in [0.717, 1.165) is 0 Å². The van der Waals surface area contributed by atoms with Crippen LogP contribution in [0, 0.1) is 5.95 Å². The van der Waals surface area contributed by atoms with Gasteiger partial charge in [-0.15, -0.1) is 5.10 Å². The summed E-state index contributed by atoms with van der Waals surface area (Å²) in [5, 5.41) is 3.57.